The molecule has 0 radical (unpaired) electrons. The highest BCUT2D eigenvalue weighted by Gasteiger charge is 2.20. The van der Waals surface area contributed by atoms with Crippen LogP contribution in [0.25, 0.3) is 0 Å². The summed E-state index contributed by atoms with van der Waals surface area (Å²) in [6, 6.07) is 4.58. The van der Waals surface area contributed by atoms with E-state index < -0.39 is 0 Å². The molecule has 1 aromatic rings. The van der Waals surface area contributed by atoms with Gasteiger partial charge in [-0.15, -0.1) is 0 Å². The second-order valence-electron chi connectivity index (χ2n) is 6.35. The standard InChI is InChI=1S/C19H29N/c1-7-10-16-13-15(11-9-12-20-6)14-18(17(16)8-2)19(3,4)5/h13-14,20H,7-8,10,12H2,1-6H3. The van der Waals surface area contributed by atoms with Crippen LogP contribution in [0.2, 0.25) is 0 Å². The number of rotatable bonds is 4. The molecule has 0 aliphatic carbocycles. The minimum absolute atomic E-state index is 0.175. The van der Waals surface area contributed by atoms with Crippen molar-refractivity contribution in [3.05, 3.63) is 34.4 Å². The zero-order valence-electron chi connectivity index (χ0n) is 14.0. The topological polar surface area (TPSA) is 12.0 Å². The van der Waals surface area contributed by atoms with E-state index >= 15 is 0 Å². The number of hydrogen-bond acceptors (Lipinski definition) is 1. The zero-order chi connectivity index (χ0) is 15.2. The van der Waals surface area contributed by atoms with Crippen LogP contribution in [0.5, 0.6) is 0 Å². The molecule has 0 amide bonds. The van der Waals surface area contributed by atoms with Crippen molar-refractivity contribution in [1.82, 2.24) is 5.32 Å². The van der Waals surface area contributed by atoms with Crippen LogP contribution in [-0.2, 0) is 18.3 Å². The molecule has 0 fully saturated rings. The lowest BCUT2D eigenvalue weighted by atomic mass is 9.79. The highest BCUT2D eigenvalue weighted by atomic mass is 14.8. The summed E-state index contributed by atoms with van der Waals surface area (Å²) in [6.07, 6.45) is 3.43. The van der Waals surface area contributed by atoms with Gasteiger partial charge in [-0.3, -0.25) is 0 Å². The SMILES string of the molecule is CCCc1cc(C#CCNC)cc(C(C)(C)C)c1CC. The molecule has 0 unspecified atom stereocenters. The summed E-state index contributed by atoms with van der Waals surface area (Å²) < 4.78 is 0. The van der Waals surface area contributed by atoms with Crippen molar-refractivity contribution in [3.63, 3.8) is 0 Å². The number of nitrogens with one attached hydrogen (secondary N) is 1. The first kappa shape index (κ1) is 16.8. The lowest BCUT2D eigenvalue weighted by Gasteiger charge is -2.25. The molecular formula is C19H29N. The van der Waals surface area contributed by atoms with Gasteiger partial charge in [0.25, 0.3) is 0 Å². The Morgan fingerprint density at radius 3 is 2.35 bits per heavy atom. The summed E-state index contributed by atoms with van der Waals surface area (Å²) in [4.78, 5) is 0. The maximum absolute atomic E-state index is 3.30. The zero-order valence-corrected chi connectivity index (χ0v) is 14.0. The predicted molar refractivity (Wildman–Crippen MR) is 89.3 cm³/mol. The molecular weight excluding hydrogens is 242 g/mol. The van der Waals surface area contributed by atoms with E-state index in [0.717, 1.165) is 24.9 Å². The Hall–Kier alpha value is -1.26. The van der Waals surface area contributed by atoms with E-state index in [1.165, 1.54) is 23.1 Å². The molecule has 1 nitrogen and oxygen atoms in total. The molecule has 0 spiro atoms. The lowest BCUT2D eigenvalue weighted by Crippen LogP contribution is -2.16. The van der Waals surface area contributed by atoms with Gasteiger partial charge in [-0.05, 0) is 54.1 Å². The highest BCUT2D eigenvalue weighted by Crippen LogP contribution is 2.30. The third-order valence-electron chi connectivity index (χ3n) is 3.52. The van der Waals surface area contributed by atoms with E-state index in [9.17, 15) is 0 Å². The molecule has 20 heavy (non-hydrogen) atoms. The first-order valence-corrected chi connectivity index (χ1v) is 7.73. The maximum Gasteiger partial charge on any atom is 0.0577 e. The van der Waals surface area contributed by atoms with Gasteiger partial charge in [-0.2, -0.15) is 0 Å². The van der Waals surface area contributed by atoms with Gasteiger partial charge in [-0.1, -0.05) is 52.9 Å². The van der Waals surface area contributed by atoms with Crippen LogP contribution in [0.1, 0.15) is 63.3 Å². The van der Waals surface area contributed by atoms with E-state index in [-0.39, 0.29) is 5.41 Å². The molecule has 0 saturated carbocycles. The average Bonchev–Trinajstić information content (AvgIpc) is 2.38. The van der Waals surface area contributed by atoms with Gasteiger partial charge in [0.15, 0.2) is 0 Å². The van der Waals surface area contributed by atoms with E-state index in [1.54, 1.807) is 0 Å². The van der Waals surface area contributed by atoms with E-state index in [0.29, 0.717) is 0 Å². The largest absolute Gasteiger partial charge is 0.309 e. The number of hydrogen-bond donors (Lipinski definition) is 1. The summed E-state index contributed by atoms with van der Waals surface area (Å²) in [5.41, 5.74) is 5.80. The summed E-state index contributed by atoms with van der Waals surface area (Å²) in [7, 11) is 1.93. The fraction of sp³-hybridized carbons (Fsp3) is 0.579. The van der Waals surface area contributed by atoms with Crippen LogP contribution in [0.3, 0.4) is 0 Å². The summed E-state index contributed by atoms with van der Waals surface area (Å²) in [5, 5.41) is 3.07. The summed E-state index contributed by atoms with van der Waals surface area (Å²) in [5.74, 6) is 6.47. The van der Waals surface area contributed by atoms with Gasteiger partial charge in [0.2, 0.25) is 0 Å². The monoisotopic (exact) mass is 271 g/mol. The normalized spacial score (nSPS) is 11.1. The first-order valence-electron chi connectivity index (χ1n) is 7.73. The quantitative estimate of drug-likeness (QED) is 0.814. The molecule has 1 rings (SSSR count). The molecule has 1 heteroatoms. The Morgan fingerprint density at radius 2 is 1.85 bits per heavy atom. The van der Waals surface area contributed by atoms with Crippen molar-refractivity contribution in [3.8, 4) is 11.8 Å². The minimum Gasteiger partial charge on any atom is -0.309 e. The summed E-state index contributed by atoms with van der Waals surface area (Å²) >= 11 is 0. The van der Waals surface area contributed by atoms with Crippen LogP contribution in [0.15, 0.2) is 12.1 Å². The molecule has 0 aliphatic rings. The highest BCUT2D eigenvalue weighted by molar-refractivity contribution is 5.48. The molecule has 0 aromatic heterocycles. The van der Waals surface area contributed by atoms with Crippen LogP contribution in [-0.4, -0.2) is 13.6 Å². The van der Waals surface area contributed by atoms with Gasteiger partial charge in [0.05, 0.1) is 6.54 Å². The van der Waals surface area contributed by atoms with Gasteiger partial charge in [-0.25, -0.2) is 0 Å². The average molecular weight is 271 g/mol. The fourth-order valence-corrected chi connectivity index (χ4v) is 2.62. The van der Waals surface area contributed by atoms with E-state index in [1.807, 2.05) is 7.05 Å². The molecule has 0 aliphatic heterocycles. The van der Waals surface area contributed by atoms with Gasteiger partial charge >= 0.3 is 0 Å². The molecule has 1 aromatic carbocycles. The van der Waals surface area contributed by atoms with Crippen molar-refractivity contribution in [2.45, 2.75) is 59.3 Å². The molecule has 1 N–H and O–H groups in total. The van der Waals surface area contributed by atoms with E-state index in [2.05, 4.69) is 63.9 Å². The van der Waals surface area contributed by atoms with Crippen molar-refractivity contribution < 1.29 is 0 Å². The Balaban J connectivity index is 3.37. The second-order valence-corrected chi connectivity index (χ2v) is 6.35. The van der Waals surface area contributed by atoms with Gasteiger partial charge in [0.1, 0.15) is 0 Å². The van der Waals surface area contributed by atoms with Crippen molar-refractivity contribution in [1.29, 1.82) is 0 Å². The molecule has 0 bridgehead atoms. The lowest BCUT2D eigenvalue weighted by molar-refractivity contribution is 0.581. The van der Waals surface area contributed by atoms with E-state index in [4.69, 9.17) is 0 Å². The van der Waals surface area contributed by atoms with Crippen LogP contribution in [0, 0.1) is 11.8 Å². The third kappa shape index (κ3) is 4.39. The minimum atomic E-state index is 0.175. The molecule has 0 atom stereocenters. The van der Waals surface area contributed by atoms with Gasteiger partial charge in [0, 0.05) is 5.56 Å². The Bertz CT molecular complexity index is 495. The number of aryl methyl sites for hydroxylation is 1. The Morgan fingerprint density at radius 1 is 1.15 bits per heavy atom. The summed E-state index contributed by atoms with van der Waals surface area (Å²) in [6.45, 7) is 12.1. The molecule has 0 saturated heterocycles. The molecule has 0 heterocycles. The number of benzene rings is 1. The first-order chi connectivity index (χ1) is 9.43. The maximum atomic E-state index is 3.30. The van der Waals surface area contributed by atoms with Crippen LogP contribution < -0.4 is 5.32 Å². The van der Waals surface area contributed by atoms with Crippen molar-refractivity contribution in [2.24, 2.45) is 0 Å². The third-order valence-corrected chi connectivity index (χ3v) is 3.52. The van der Waals surface area contributed by atoms with Crippen LogP contribution in [0.4, 0.5) is 0 Å². The fourth-order valence-electron chi connectivity index (χ4n) is 2.62. The van der Waals surface area contributed by atoms with Crippen molar-refractivity contribution in [2.75, 3.05) is 13.6 Å². The Kier molecular flexibility index (Phi) is 6.30. The smallest absolute Gasteiger partial charge is 0.0577 e. The predicted octanol–water partition coefficient (Wildman–Crippen LogP) is 4.07. The Labute approximate surface area is 125 Å². The molecule has 110 valence electrons. The van der Waals surface area contributed by atoms with Crippen LogP contribution >= 0.6 is 0 Å². The van der Waals surface area contributed by atoms with Gasteiger partial charge < -0.3 is 5.32 Å². The van der Waals surface area contributed by atoms with Crippen molar-refractivity contribution >= 4 is 0 Å². The second kappa shape index (κ2) is 7.50.